The molecule has 0 heterocycles. The minimum Gasteiger partial charge on any atom is -0.492 e. The van der Waals surface area contributed by atoms with Crippen LogP contribution in [0, 0.1) is 0 Å². The van der Waals surface area contributed by atoms with Gasteiger partial charge in [-0.25, -0.2) is 0 Å². The Morgan fingerprint density at radius 1 is 1.44 bits per heavy atom. The topological polar surface area (TPSA) is 58.6 Å². The second kappa shape index (κ2) is 7.46. The Hall–Kier alpha value is -0.970. The molecule has 0 aliphatic rings. The number of aliphatic carboxylic acids is 1. The molecule has 0 saturated heterocycles. The second-order valence-corrected chi connectivity index (χ2v) is 4.47. The molecular formula is C12H15Cl2NO3. The van der Waals surface area contributed by atoms with E-state index in [4.69, 9.17) is 33.0 Å². The van der Waals surface area contributed by atoms with E-state index in [2.05, 4.69) is 5.32 Å². The van der Waals surface area contributed by atoms with Gasteiger partial charge in [0.15, 0.2) is 0 Å². The van der Waals surface area contributed by atoms with Gasteiger partial charge in [-0.05, 0) is 19.1 Å². The summed E-state index contributed by atoms with van der Waals surface area (Å²) in [5.41, 5.74) is 0.819. The fourth-order valence-electron chi connectivity index (χ4n) is 1.47. The molecule has 0 fully saturated rings. The van der Waals surface area contributed by atoms with Gasteiger partial charge in [0.05, 0.1) is 18.1 Å². The molecule has 1 rings (SSSR count). The highest BCUT2D eigenvalue weighted by Gasteiger charge is 2.10. The van der Waals surface area contributed by atoms with Crippen molar-refractivity contribution >= 4 is 29.2 Å². The molecule has 0 aromatic heterocycles. The van der Waals surface area contributed by atoms with Crippen molar-refractivity contribution in [3.63, 3.8) is 0 Å². The number of nitrogens with one attached hydrogen (secondary N) is 1. The lowest BCUT2D eigenvalue weighted by Crippen LogP contribution is -2.18. The molecule has 1 aromatic carbocycles. The van der Waals surface area contributed by atoms with Crippen molar-refractivity contribution in [2.45, 2.75) is 19.9 Å². The summed E-state index contributed by atoms with van der Waals surface area (Å²) in [6.07, 6.45) is 0.0677. The van der Waals surface area contributed by atoms with Gasteiger partial charge in [-0.1, -0.05) is 23.2 Å². The number of carboxylic acids is 1. The van der Waals surface area contributed by atoms with Crippen LogP contribution in [0.15, 0.2) is 12.1 Å². The van der Waals surface area contributed by atoms with E-state index in [-0.39, 0.29) is 6.42 Å². The van der Waals surface area contributed by atoms with Gasteiger partial charge < -0.3 is 15.2 Å². The summed E-state index contributed by atoms with van der Waals surface area (Å²) in [4.78, 5) is 10.4. The number of ether oxygens (including phenoxy) is 1. The van der Waals surface area contributed by atoms with E-state index in [1.54, 1.807) is 12.1 Å². The third-order valence-electron chi connectivity index (χ3n) is 2.21. The normalized spacial score (nSPS) is 10.4. The molecule has 0 radical (unpaired) electrons. The van der Waals surface area contributed by atoms with Crippen molar-refractivity contribution in [1.29, 1.82) is 0 Å². The van der Waals surface area contributed by atoms with Crippen LogP contribution in [0.1, 0.15) is 18.9 Å². The van der Waals surface area contributed by atoms with Crippen molar-refractivity contribution in [2.75, 3.05) is 13.2 Å². The lowest BCUT2D eigenvalue weighted by molar-refractivity contribution is -0.136. The third kappa shape index (κ3) is 4.72. The zero-order valence-electron chi connectivity index (χ0n) is 10.0. The maximum absolute atomic E-state index is 10.4. The molecule has 4 nitrogen and oxygen atoms in total. The SMILES string of the molecule is CCOc1c(Cl)cc(Cl)cc1CNCCC(=O)O. The Morgan fingerprint density at radius 2 is 2.17 bits per heavy atom. The van der Waals surface area contributed by atoms with Crippen LogP contribution in [0.25, 0.3) is 0 Å². The van der Waals surface area contributed by atoms with Gasteiger partial charge in [0.1, 0.15) is 5.75 Å². The van der Waals surface area contributed by atoms with Crippen molar-refractivity contribution in [1.82, 2.24) is 5.32 Å². The van der Waals surface area contributed by atoms with Crippen LogP contribution in [0.2, 0.25) is 10.0 Å². The number of carbonyl (C=O) groups is 1. The molecule has 100 valence electrons. The summed E-state index contributed by atoms with van der Waals surface area (Å²) in [6, 6.07) is 3.38. The van der Waals surface area contributed by atoms with Gasteiger partial charge in [-0.15, -0.1) is 0 Å². The minimum absolute atomic E-state index is 0.0677. The van der Waals surface area contributed by atoms with Gasteiger partial charge in [0, 0.05) is 23.7 Å². The molecule has 0 spiro atoms. The molecule has 1 aromatic rings. The van der Waals surface area contributed by atoms with E-state index < -0.39 is 5.97 Å². The Morgan fingerprint density at radius 3 is 2.78 bits per heavy atom. The van der Waals surface area contributed by atoms with Crippen molar-refractivity contribution in [3.05, 3.63) is 27.7 Å². The van der Waals surface area contributed by atoms with Crippen LogP contribution in [0.5, 0.6) is 5.75 Å². The van der Waals surface area contributed by atoms with E-state index in [1.165, 1.54) is 0 Å². The molecule has 0 bridgehead atoms. The smallest absolute Gasteiger partial charge is 0.304 e. The van der Waals surface area contributed by atoms with E-state index in [0.29, 0.717) is 35.5 Å². The lowest BCUT2D eigenvalue weighted by Gasteiger charge is -2.13. The maximum atomic E-state index is 10.4. The van der Waals surface area contributed by atoms with Crippen LogP contribution >= 0.6 is 23.2 Å². The van der Waals surface area contributed by atoms with Crippen LogP contribution in [-0.2, 0) is 11.3 Å². The monoisotopic (exact) mass is 291 g/mol. The fourth-order valence-corrected chi connectivity index (χ4v) is 2.06. The van der Waals surface area contributed by atoms with Crippen molar-refractivity contribution in [2.24, 2.45) is 0 Å². The molecule has 0 aliphatic heterocycles. The number of hydrogen-bond donors (Lipinski definition) is 2. The molecular weight excluding hydrogens is 277 g/mol. The summed E-state index contributed by atoms with van der Waals surface area (Å²) in [5, 5.41) is 12.5. The van der Waals surface area contributed by atoms with Gasteiger partial charge in [-0.2, -0.15) is 0 Å². The van der Waals surface area contributed by atoms with Crippen LogP contribution in [-0.4, -0.2) is 24.2 Å². The number of carboxylic acid groups (broad SMARTS) is 1. The predicted molar refractivity (Wildman–Crippen MR) is 71.6 cm³/mol. The minimum atomic E-state index is -0.836. The first-order valence-electron chi connectivity index (χ1n) is 5.57. The largest absolute Gasteiger partial charge is 0.492 e. The zero-order valence-corrected chi connectivity index (χ0v) is 11.5. The highest BCUT2D eigenvalue weighted by Crippen LogP contribution is 2.32. The average molecular weight is 292 g/mol. The third-order valence-corrected chi connectivity index (χ3v) is 2.70. The fraction of sp³-hybridized carbons (Fsp3) is 0.417. The van der Waals surface area contributed by atoms with Crippen LogP contribution in [0.3, 0.4) is 0 Å². The van der Waals surface area contributed by atoms with E-state index in [9.17, 15) is 4.79 Å². The number of halogens is 2. The summed E-state index contributed by atoms with van der Waals surface area (Å²) in [7, 11) is 0. The van der Waals surface area contributed by atoms with E-state index in [0.717, 1.165) is 5.56 Å². The lowest BCUT2D eigenvalue weighted by atomic mass is 10.2. The Labute approximate surface area is 116 Å². The molecule has 0 atom stereocenters. The summed E-state index contributed by atoms with van der Waals surface area (Å²) in [6.45, 7) is 3.21. The van der Waals surface area contributed by atoms with E-state index >= 15 is 0 Å². The van der Waals surface area contributed by atoms with Gasteiger partial charge in [-0.3, -0.25) is 4.79 Å². The summed E-state index contributed by atoms with van der Waals surface area (Å²) >= 11 is 12.0. The first kappa shape index (κ1) is 15.1. The first-order chi connectivity index (χ1) is 8.54. The zero-order chi connectivity index (χ0) is 13.5. The van der Waals surface area contributed by atoms with Crippen molar-refractivity contribution < 1.29 is 14.6 Å². The average Bonchev–Trinajstić information content (AvgIpc) is 2.28. The molecule has 0 aliphatic carbocycles. The number of rotatable bonds is 7. The van der Waals surface area contributed by atoms with Crippen molar-refractivity contribution in [3.8, 4) is 5.75 Å². The molecule has 6 heteroatoms. The summed E-state index contributed by atoms with van der Waals surface area (Å²) in [5.74, 6) is -0.247. The summed E-state index contributed by atoms with van der Waals surface area (Å²) < 4.78 is 5.45. The van der Waals surface area contributed by atoms with Gasteiger partial charge in [0.2, 0.25) is 0 Å². The predicted octanol–water partition coefficient (Wildman–Crippen LogP) is 2.96. The molecule has 18 heavy (non-hydrogen) atoms. The highest BCUT2D eigenvalue weighted by molar-refractivity contribution is 6.35. The van der Waals surface area contributed by atoms with Crippen LogP contribution in [0.4, 0.5) is 0 Å². The Bertz CT molecular complexity index is 424. The van der Waals surface area contributed by atoms with E-state index in [1.807, 2.05) is 6.92 Å². The maximum Gasteiger partial charge on any atom is 0.304 e. The second-order valence-electron chi connectivity index (χ2n) is 3.63. The Balaban J connectivity index is 2.70. The quantitative estimate of drug-likeness (QED) is 0.759. The molecule has 0 unspecified atom stereocenters. The highest BCUT2D eigenvalue weighted by atomic mass is 35.5. The number of hydrogen-bond acceptors (Lipinski definition) is 3. The standard InChI is InChI=1S/C12H15Cl2NO3/c1-2-18-12-8(5-9(13)6-10(12)14)7-15-4-3-11(16)17/h5-6,15H,2-4,7H2,1H3,(H,16,17). The first-order valence-corrected chi connectivity index (χ1v) is 6.33. The Kier molecular flexibility index (Phi) is 6.25. The number of benzene rings is 1. The van der Waals surface area contributed by atoms with Gasteiger partial charge >= 0.3 is 5.97 Å². The molecule has 2 N–H and O–H groups in total. The van der Waals surface area contributed by atoms with Gasteiger partial charge in [0.25, 0.3) is 0 Å². The molecule has 0 saturated carbocycles. The molecule has 0 amide bonds. The van der Waals surface area contributed by atoms with Crippen LogP contribution < -0.4 is 10.1 Å².